The van der Waals surface area contributed by atoms with Gasteiger partial charge in [0.2, 0.25) is 0 Å². The summed E-state index contributed by atoms with van der Waals surface area (Å²) in [6.45, 7) is 0. The topological polar surface area (TPSA) is 41.5 Å². The highest BCUT2D eigenvalue weighted by molar-refractivity contribution is 9.10. The number of hydrogen-bond donors (Lipinski definition) is 2. The molecule has 0 bridgehead atoms. The lowest BCUT2D eigenvalue weighted by Crippen LogP contribution is -1.99. The van der Waals surface area contributed by atoms with Gasteiger partial charge in [0.05, 0.1) is 0 Å². The Morgan fingerprint density at radius 2 is 0.486 bits per heavy atom. The van der Waals surface area contributed by atoms with E-state index in [9.17, 15) is 0 Å². The van der Waals surface area contributed by atoms with E-state index in [4.69, 9.17) is 44.5 Å². The van der Waals surface area contributed by atoms with E-state index in [0.717, 1.165) is 42.0 Å². The molecule has 3 nitrogen and oxygen atoms in total. The van der Waals surface area contributed by atoms with Gasteiger partial charge in [0.1, 0.15) is 5.75 Å². The van der Waals surface area contributed by atoms with Crippen LogP contribution in [0.25, 0.3) is 138 Å². The number of benzene rings is 16. The van der Waals surface area contributed by atoms with Crippen molar-refractivity contribution in [1.29, 1.82) is 0 Å². The highest BCUT2D eigenvalue weighted by Crippen LogP contribution is 2.40. The first-order valence-corrected chi connectivity index (χ1v) is 39.1. The fraction of sp³-hybridized carbons (Fsp3) is 0. The smallest absolute Gasteiger partial charge is 0.537 e. The molecule has 19 aromatic rings. The van der Waals surface area contributed by atoms with Crippen LogP contribution < -0.4 is 9.97 Å². The normalized spacial score (nSPS) is 10.9. The van der Waals surface area contributed by atoms with Crippen molar-refractivity contribution in [2.45, 2.75) is 0 Å². The molecule has 3 aromatic heterocycles. The van der Waals surface area contributed by atoms with E-state index in [2.05, 4.69) is 318 Å². The van der Waals surface area contributed by atoms with E-state index in [1.165, 1.54) is 127 Å². The molecule has 19 rings (SSSR count). The van der Waals surface area contributed by atoms with Crippen LogP contribution in [0.3, 0.4) is 0 Å². The van der Waals surface area contributed by atoms with Crippen LogP contribution in [-0.4, -0.2) is 12.7 Å². The van der Waals surface area contributed by atoms with Gasteiger partial charge in [0, 0.05) is 91.4 Å². The van der Waals surface area contributed by atoms with Gasteiger partial charge in [-0.05, 0) is 211 Å². The Hall–Kier alpha value is -10.8. The SMILES string of the molecule is Brc1ccc2sc3ccccc3c2c1.Clc1ccc(-c2ccc(-c3ccc4sc5ccccc5c4c3)cc2)cc1.Clc1ccc(-c2ccc(-c3ccc4sc5ccccc5c4c3)cc2)cc1.O[B]Oc1ccc(-c2ccc(Cl)cc2)cc1.c1ccc(-c2ccc(Nc3ccc(-c4ccccc4)cc3)cc2)cc1. The standard InChI is InChI=1S/2C24H15ClS.C24H19N.C12H9BClO2.C12H7BrS/c2*25-20-12-9-17(10-13-20)16-5-7-18(8-6-16)19-11-14-24-22(15-19)21-3-1-2-4-23(21)26-24;1-3-7-19(8-4-1)21-11-15-23(16-12-21)25-24-17-13-22(14-18-24)20-9-5-2-6-10-20;14-11-5-1-9(2-6-11)10-3-7-12(8-4-10)16-13-15;13-8-5-6-12-10(7-8)9-3-1-2-4-11(9)14-12/h2*1-15H;1-18,25H;1-8,15H;1-7H. The van der Waals surface area contributed by atoms with Gasteiger partial charge in [-0.1, -0.05) is 299 Å². The van der Waals surface area contributed by atoms with E-state index in [-0.39, 0.29) is 0 Å². The maximum Gasteiger partial charge on any atom is 0.569 e. The second-order valence-corrected chi connectivity index (χ2v) is 30.8. The number of hydrogen-bond acceptors (Lipinski definition) is 6. The molecule has 0 aliphatic carbocycles. The molecule has 0 fully saturated rings. The molecule has 107 heavy (non-hydrogen) atoms. The van der Waals surface area contributed by atoms with E-state index in [1.54, 1.807) is 12.1 Å². The van der Waals surface area contributed by atoms with Crippen molar-refractivity contribution in [3.63, 3.8) is 0 Å². The van der Waals surface area contributed by atoms with Crippen LogP contribution in [0.15, 0.2) is 387 Å². The minimum absolute atomic E-state index is 0.597. The lowest BCUT2D eigenvalue weighted by Gasteiger charge is -2.09. The number of thiophene rings is 3. The summed E-state index contributed by atoms with van der Waals surface area (Å²) in [7, 11) is 0.664. The lowest BCUT2D eigenvalue weighted by molar-refractivity contribution is 0.454. The quantitative estimate of drug-likeness (QED) is 0.127. The Labute approximate surface area is 658 Å². The summed E-state index contributed by atoms with van der Waals surface area (Å²) in [5.41, 5.74) is 19.0. The molecule has 515 valence electrons. The highest BCUT2D eigenvalue weighted by Gasteiger charge is 2.11. The third-order valence-electron chi connectivity index (χ3n) is 18.4. The first-order valence-electron chi connectivity index (χ1n) is 34.8. The van der Waals surface area contributed by atoms with Crippen molar-refractivity contribution in [1.82, 2.24) is 0 Å². The summed E-state index contributed by atoms with van der Waals surface area (Å²) in [4.78, 5) is 0. The molecule has 16 aromatic carbocycles. The number of rotatable bonds is 11. The van der Waals surface area contributed by atoms with Gasteiger partial charge in [0.15, 0.2) is 0 Å². The number of halogens is 4. The van der Waals surface area contributed by atoms with Crippen LogP contribution in [0.2, 0.25) is 15.1 Å². The van der Waals surface area contributed by atoms with E-state index in [1.807, 2.05) is 107 Å². The van der Waals surface area contributed by atoms with Crippen molar-refractivity contribution in [2.24, 2.45) is 0 Å². The van der Waals surface area contributed by atoms with E-state index in [0.29, 0.717) is 13.4 Å². The fourth-order valence-corrected chi connectivity index (χ4v) is 16.9. The molecular formula is C96H65BBrCl3NO2S3. The van der Waals surface area contributed by atoms with Crippen LogP contribution in [-0.2, 0) is 0 Å². The predicted molar refractivity (Wildman–Crippen MR) is 470 cm³/mol. The van der Waals surface area contributed by atoms with E-state index < -0.39 is 0 Å². The maximum atomic E-state index is 8.47. The van der Waals surface area contributed by atoms with Crippen LogP contribution >= 0.6 is 84.7 Å². The average Bonchev–Trinajstić information content (AvgIpc) is 1.66. The Kier molecular flexibility index (Phi) is 22.9. The van der Waals surface area contributed by atoms with Crippen molar-refractivity contribution < 1.29 is 9.68 Å². The van der Waals surface area contributed by atoms with Crippen molar-refractivity contribution in [2.75, 3.05) is 5.32 Å². The highest BCUT2D eigenvalue weighted by atomic mass is 79.9. The maximum absolute atomic E-state index is 8.47. The molecular weight excluding hydrogens is 1490 g/mol. The Morgan fingerprint density at radius 3 is 0.822 bits per heavy atom. The van der Waals surface area contributed by atoms with Gasteiger partial charge in [-0.15, -0.1) is 34.0 Å². The van der Waals surface area contributed by atoms with Gasteiger partial charge < -0.3 is 15.0 Å². The zero-order valence-corrected chi connectivity index (χ0v) is 63.8. The van der Waals surface area contributed by atoms with Crippen LogP contribution in [0.5, 0.6) is 5.75 Å². The molecule has 11 heteroatoms. The molecule has 0 aliphatic rings. The summed E-state index contributed by atoms with van der Waals surface area (Å²) >= 11 is 26.9. The average molecular weight is 1560 g/mol. The second-order valence-electron chi connectivity index (χ2n) is 25.3. The number of nitrogens with one attached hydrogen (secondary N) is 1. The fourth-order valence-electron chi connectivity index (χ4n) is 12.9. The Balaban J connectivity index is 0.000000109. The molecule has 1 radical (unpaired) electrons. The zero-order valence-electron chi connectivity index (χ0n) is 57.5. The van der Waals surface area contributed by atoms with Gasteiger partial charge in [-0.2, -0.15) is 0 Å². The minimum Gasteiger partial charge on any atom is -0.537 e. The summed E-state index contributed by atoms with van der Waals surface area (Å²) in [6.07, 6.45) is 0. The number of fused-ring (bicyclic) bond motifs is 9. The molecule has 2 N–H and O–H groups in total. The summed E-state index contributed by atoms with van der Waals surface area (Å²) in [5, 5.41) is 22.2. The minimum atomic E-state index is 0.597. The first kappa shape index (κ1) is 71.8. The Morgan fingerprint density at radius 1 is 0.243 bits per heavy atom. The summed E-state index contributed by atoms with van der Waals surface area (Å²) in [6, 6.07) is 132. The monoisotopic (exact) mass is 1550 g/mol. The van der Waals surface area contributed by atoms with Crippen molar-refractivity contribution in [3.05, 3.63) is 402 Å². The molecule has 0 amide bonds. The van der Waals surface area contributed by atoms with Crippen molar-refractivity contribution in [3.8, 4) is 83.6 Å². The molecule has 0 spiro atoms. The summed E-state index contributed by atoms with van der Waals surface area (Å²) in [5.74, 6) is 0.597. The van der Waals surface area contributed by atoms with Gasteiger partial charge in [-0.3, -0.25) is 0 Å². The van der Waals surface area contributed by atoms with Gasteiger partial charge >= 0.3 is 7.69 Å². The largest absolute Gasteiger partial charge is 0.569 e. The lowest BCUT2D eigenvalue weighted by atomic mass is 9.99. The predicted octanol–water partition coefficient (Wildman–Crippen LogP) is 30.6. The van der Waals surface area contributed by atoms with Crippen LogP contribution in [0.1, 0.15) is 0 Å². The van der Waals surface area contributed by atoms with Crippen LogP contribution in [0.4, 0.5) is 11.4 Å². The molecule has 0 saturated carbocycles. The molecule has 0 atom stereocenters. The molecule has 3 heterocycles. The third-order valence-corrected chi connectivity index (χ3v) is 23.1. The Bertz CT molecular complexity index is 5880. The molecule has 0 aliphatic heterocycles. The third kappa shape index (κ3) is 17.7. The first-order chi connectivity index (χ1) is 52.6. The summed E-state index contributed by atoms with van der Waals surface area (Å²) < 4.78 is 14.1. The molecule has 0 saturated heterocycles. The van der Waals surface area contributed by atoms with E-state index >= 15 is 0 Å². The zero-order chi connectivity index (χ0) is 72.8. The van der Waals surface area contributed by atoms with Gasteiger partial charge in [-0.25, -0.2) is 0 Å². The van der Waals surface area contributed by atoms with Crippen molar-refractivity contribution >= 4 is 164 Å². The second kappa shape index (κ2) is 34.2. The van der Waals surface area contributed by atoms with Gasteiger partial charge in [0.25, 0.3) is 0 Å². The van der Waals surface area contributed by atoms with Crippen LogP contribution in [0, 0.1) is 0 Å². The number of anilines is 2. The molecule has 0 unspecified atom stereocenters.